The number of hydrogen-bond donors (Lipinski definition) is 2. The van der Waals surface area contributed by atoms with Crippen molar-refractivity contribution in [2.75, 3.05) is 11.9 Å². The predicted molar refractivity (Wildman–Crippen MR) is 91.4 cm³/mol. The Hall–Kier alpha value is -2.73. The zero-order chi connectivity index (χ0) is 17.0. The molecule has 0 amide bonds. The van der Waals surface area contributed by atoms with Crippen LogP contribution in [0.15, 0.2) is 53.2 Å². The fraction of sp³-hybridized carbons (Fsp3) is 0.278. The van der Waals surface area contributed by atoms with Crippen LogP contribution in [0.1, 0.15) is 24.7 Å². The van der Waals surface area contributed by atoms with Crippen LogP contribution >= 0.6 is 0 Å². The van der Waals surface area contributed by atoms with E-state index >= 15 is 0 Å². The highest BCUT2D eigenvalue weighted by molar-refractivity contribution is 5.68. The van der Waals surface area contributed by atoms with E-state index in [1.165, 1.54) is 0 Å². The summed E-state index contributed by atoms with van der Waals surface area (Å²) in [7, 11) is 0. The Morgan fingerprint density at radius 1 is 1.17 bits per heavy atom. The maximum atomic E-state index is 10.7. The van der Waals surface area contributed by atoms with Crippen LogP contribution in [-0.2, 0) is 5.60 Å². The van der Waals surface area contributed by atoms with Crippen LogP contribution in [-0.4, -0.2) is 26.8 Å². The van der Waals surface area contributed by atoms with Crippen LogP contribution in [0.5, 0.6) is 0 Å². The van der Waals surface area contributed by atoms with Crippen LogP contribution < -0.4 is 5.32 Å². The molecule has 3 rings (SSSR count). The highest BCUT2D eigenvalue weighted by Crippen LogP contribution is 2.26. The zero-order valence-electron chi connectivity index (χ0n) is 13.7. The van der Waals surface area contributed by atoms with Crippen LogP contribution in [0, 0.1) is 6.92 Å². The first-order chi connectivity index (χ1) is 11.6. The van der Waals surface area contributed by atoms with Crippen molar-refractivity contribution >= 4 is 5.82 Å². The number of aryl methyl sites for hydroxylation is 1. The van der Waals surface area contributed by atoms with Gasteiger partial charge in [0.15, 0.2) is 5.82 Å². The van der Waals surface area contributed by atoms with Gasteiger partial charge in [0.1, 0.15) is 5.82 Å². The number of rotatable bonds is 6. The van der Waals surface area contributed by atoms with Crippen molar-refractivity contribution in [2.45, 2.75) is 25.9 Å². The number of anilines is 1. The van der Waals surface area contributed by atoms with Gasteiger partial charge in [0.2, 0.25) is 0 Å². The number of aromatic nitrogens is 3. The fourth-order valence-corrected chi connectivity index (χ4v) is 2.49. The summed E-state index contributed by atoms with van der Waals surface area (Å²) in [6, 6.07) is 13.3. The smallest absolute Gasteiger partial charge is 0.261 e. The SMILES string of the molecule is Cc1noc(-c2cccnc2NCCC(C)(O)c2ccccc2)n1. The topological polar surface area (TPSA) is 84.1 Å². The summed E-state index contributed by atoms with van der Waals surface area (Å²) < 4.78 is 5.22. The van der Waals surface area contributed by atoms with Gasteiger partial charge in [-0.05, 0) is 38.0 Å². The number of nitrogens with one attached hydrogen (secondary N) is 1. The second-order valence-corrected chi connectivity index (χ2v) is 5.86. The van der Waals surface area contributed by atoms with Crippen molar-refractivity contribution in [3.05, 3.63) is 60.0 Å². The lowest BCUT2D eigenvalue weighted by molar-refractivity contribution is 0.0515. The molecule has 2 aromatic heterocycles. The monoisotopic (exact) mass is 324 g/mol. The van der Waals surface area contributed by atoms with Gasteiger partial charge >= 0.3 is 0 Å². The van der Waals surface area contributed by atoms with E-state index in [1.54, 1.807) is 13.1 Å². The molecule has 1 unspecified atom stereocenters. The average Bonchev–Trinajstić information content (AvgIpc) is 3.02. The molecule has 0 radical (unpaired) electrons. The Morgan fingerprint density at radius 2 is 1.96 bits per heavy atom. The van der Waals surface area contributed by atoms with E-state index in [-0.39, 0.29) is 0 Å². The molecule has 1 aromatic carbocycles. The first kappa shape index (κ1) is 16.1. The van der Waals surface area contributed by atoms with Crippen LogP contribution in [0.4, 0.5) is 5.82 Å². The Kier molecular flexibility index (Phi) is 4.57. The van der Waals surface area contributed by atoms with Gasteiger partial charge in [0.05, 0.1) is 11.2 Å². The minimum absolute atomic E-state index is 0.429. The van der Waals surface area contributed by atoms with Gasteiger partial charge in [-0.1, -0.05) is 35.5 Å². The fourth-order valence-electron chi connectivity index (χ4n) is 2.49. The van der Waals surface area contributed by atoms with Gasteiger partial charge < -0.3 is 14.9 Å². The summed E-state index contributed by atoms with van der Waals surface area (Å²) >= 11 is 0. The molecule has 0 bridgehead atoms. The molecule has 24 heavy (non-hydrogen) atoms. The molecule has 2 heterocycles. The van der Waals surface area contributed by atoms with E-state index in [1.807, 2.05) is 49.4 Å². The maximum Gasteiger partial charge on any atom is 0.261 e. The van der Waals surface area contributed by atoms with Gasteiger partial charge in [0.25, 0.3) is 5.89 Å². The zero-order valence-corrected chi connectivity index (χ0v) is 13.7. The molecule has 2 N–H and O–H groups in total. The first-order valence-corrected chi connectivity index (χ1v) is 7.84. The van der Waals surface area contributed by atoms with E-state index < -0.39 is 5.60 Å². The van der Waals surface area contributed by atoms with Gasteiger partial charge in [-0.2, -0.15) is 4.98 Å². The third-order valence-electron chi connectivity index (χ3n) is 3.87. The van der Waals surface area contributed by atoms with Gasteiger partial charge in [0, 0.05) is 12.7 Å². The molecule has 6 nitrogen and oxygen atoms in total. The second kappa shape index (κ2) is 6.80. The van der Waals surface area contributed by atoms with Crippen molar-refractivity contribution < 1.29 is 9.63 Å². The molecule has 124 valence electrons. The van der Waals surface area contributed by atoms with E-state index in [0.717, 1.165) is 11.1 Å². The third kappa shape index (κ3) is 3.60. The molecule has 0 spiro atoms. The van der Waals surface area contributed by atoms with Crippen LogP contribution in [0.3, 0.4) is 0 Å². The lowest BCUT2D eigenvalue weighted by atomic mass is 9.92. The van der Waals surface area contributed by atoms with Crippen molar-refractivity contribution in [2.24, 2.45) is 0 Å². The summed E-state index contributed by atoms with van der Waals surface area (Å²) in [4.78, 5) is 8.57. The molecule has 0 aliphatic heterocycles. The Bertz CT molecular complexity index is 800. The third-order valence-corrected chi connectivity index (χ3v) is 3.87. The highest BCUT2D eigenvalue weighted by Gasteiger charge is 2.22. The lowest BCUT2D eigenvalue weighted by Gasteiger charge is -2.24. The molecule has 0 aliphatic carbocycles. The van der Waals surface area contributed by atoms with Crippen molar-refractivity contribution in [3.8, 4) is 11.5 Å². The molecule has 0 saturated heterocycles. The minimum atomic E-state index is -0.912. The van der Waals surface area contributed by atoms with Gasteiger partial charge in [-0.25, -0.2) is 4.98 Å². The largest absolute Gasteiger partial charge is 0.385 e. The van der Waals surface area contributed by atoms with E-state index in [9.17, 15) is 5.11 Å². The van der Waals surface area contributed by atoms with Crippen molar-refractivity contribution in [3.63, 3.8) is 0 Å². The molecule has 0 fully saturated rings. The predicted octanol–water partition coefficient (Wildman–Crippen LogP) is 3.15. The summed E-state index contributed by atoms with van der Waals surface area (Å²) in [6.45, 7) is 4.14. The first-order valence-electron chi connectivity index (χ1n) is 7.84. The second-order valence-electron chi connectivity index (χ2n) is 5.86. The molecule has 6 heteroatoms. The Labute approximate surface area is 140 Å². The summed E-state index contributed by atoms with van der Waals surface area (Å²) in [6.07, 6.45) is 2.24. The summed E-state index contributed by atoms with van der Waals surface area (Å²) in [5, 5.41) is 17.7. The molecular formula is C18H20N4O2. The molecule has 0 aliphatic rings. The van der Waals surface area contributed by atoms with E-state index in [2.05, 4.69) is 20.4 Å². The number of pyridine rings is 1. The number of benzene rings is 1. The normalized spacial score (nSPS) is 13.5. The van der Waals surface area contributed by atoms with Crippen molar-refractivity contribution in [1.82, 2.24) is 15.1 Å². The van der Waals surface area contributed by atoms with Crippen LogP contribution in [0.25, 0.3) is 11.5 Å². The maximum absolute atomic E-state index is 10.7. The Morgan fingerprint density at radius 3 is 2.67 bits per heavy atom. The summed E-state index contributed by atoms with van der Waals surface area (Å²) in [5.74, 6) is 1.66. The molecule has 0 saturated carbocycles. The van der Waals surface area contributed by atoms with Gasteiger partial charge in [-0.3, -0.25) is 0 Å². The standard InChI is InChI=1S/C18H20N4O2/c1-13-21-17(24-22-13)15-9-6-11-19-16(15)20-12-10-18(2,23)14-7-4-3-5-8-14/h3-9,11,23H,10,12H2,1-2H3,(H,19,20). The van der Waals surface area contributed by atoms with E-state index in [0.29, 0.717) is 30.5 Å². The molecule has 3 aromatic rings. The van der Waals surface area contributed by atoms with Crippen molar-refractivity contribution in [1.29, 1.82) is 0 Å². The minimum Gasteiger partial charge on any atom is -0.385 e. The number of hydrogen-bond acceptors (Lipinski definition) is 6. The highest BCUT2D eigenvalue weighted by atomic mass is 16.5. The molecular weight excluding hydrogens is 304 g/mol. The van der Waals surface area contributed by atoms with Crippen LogP contribution in [0.2, 0.25) is 0 Å². The Balaban J connectivity index is 1.70. The number of aliphatic hydroxyl groups is 1. The molecule has 1 atom stereocenters. The quantitative estimate of drug-likeness (QED) is 0.724. The lowest BCUT2D eigenvalue weighted by Crippen LogP contribution is -2.24. The van der Waals surface area contributed by atoms with E-state index in [4.69, 9.17) is 4.52 Å². The summed E-state index contributed by atoms with van der Waals surface area (Å²) in [5.41, 5.74) is 0.725. The van der Waals surface area contributed by atoms with Gasteiger partial charge in [-0.15, -0.1) is 0 Å². The number of nitrogens with zero attached hydrogens (tertiary/aromatic N) is 3. The average molecular weight is 324 g/mol.